The first-order valence-electron chi connectivity index (χ1n) is 7.87. The minimum atomic E-state index is -0.227. The van der Waals surface area contributed by atoms with Crippen molar-refractivity contribution in [3.05, 3.63) is 12.7 Å². The first-order chi connectivity index (χ1) is 9.74. The van der Waals surface area contributed by atoms with E-state index in [1.54, 1.807) is 11.0 Å². The molecule has 2 bridgehead atoms. The van der Waals surface area contributed by atoms with E-state index in [-0.39, 0.29) is 11.9 Å². The van der Waals surface area contributed by atoms with Crippen molar-refractivity contribution in [1.29, 1.82) is 0 Å². The molecule has 0 N–H and O–H groups in total. The number of fused-ring (bicyclic) bond motifs is 2. The molecule has 0 spiro atoms. The van der Waals surface area contributed by atoms with Gasteiger partial charge in [-0.1, -0.05) is 0 Å². The first-order valence-corrected chi connectivity index (χ1v) is 7.87. The molecule has 3 aliphatic carbocycles. The van der Waals surface area contributed by atoms with Gasteiger partial charge in [-0.05, 0) is 56.3 Å². The minimum Gasteiger partial charge on any atom is -0.340 e. The molecule has 108 valence electrons. The quantitative estimate of drug-likeness (QED) is 0.825. The number of likely N-dealkylation sites (tertiary alicyclic amines) is 1. The molecule has 5 nitrogen and oxygen atoms in total. The maximum Gasteiger partial charge on any atom is 0.247 e. The summed E-state index contributed by atoms with van der Waals surface area (Å²) in [5.41, 5.74) is 0. The van der Waals surface area contributed by atoms with Gasteiger partial charge in [0.1, 0.15) is 18.7 Å². The van der Waals surface area contributed by atoms with Gasteiger partial charge in [-0.25, -0.2) is 9.67 Å². The summed E-state index contributed by atoms with van der Waals surface area (Å²) in [5, 5.41) is 4.10. The van der Waals surface area contributed by atoms with E-state index in [0.717, 1.165) is 36.8 Å². The van der Waals surface area contributed by atoms with Crippen molar-refractivity contribution in [1.82, 2.24) is 19.7 Å². The highest BCUT2D eigenvalue weighted by atomic mass is 16.2. The largest absolute Gasteiger partial charge is 0.340 e. The van der Waals surface area contributed by atoms with Crippen LogP contribution in [0.25, 0.3) is 0 Å². The Morgan fingerprint density at radius 2 is 1.75 bits per heavy atom. The minimum absolute atomic E-state index is 0.212. The Morgan fingerprint density at radius 3 is 2.25 bits per heavy atom. The summed E-state index contributed by atoms with van der Waals surface area (Å²) in [6, 6.07) is -0.227. The number of amides is 1. The summed E-state index contributed by atoms with van der Waals surface area (Å²) in [5.74, 6) is 3.52. The lowest BCUT2D eigenvalue weighted by Crippen LogP contribution is -2.38. The second-order valence-corrected chi connectivity index (χ2v) is 6.80. The number of carbonyl (C=O) groups excluding carboxylic acids is 1. The van der Waals surface area contributed by atoms with Crippen LogP contribution in [0.4, 0.5) is 0 Å². The normalized spacial score (nSPS) is 37.0. The lowest BCUT2D eigenvalue weighted by molar-refractivity contribution is -0.133. The highest BCUT2D eigenvalue weighted by Crippen LogP contribution is 2.51. The third kappa shape index (κ3) is 1.79. The van der Waals surface area contributed by atoms with Crippen LogP contribution in [0.1, 0.15) is 38.6 Å². The Bertz CT molecular complexity index is 472. The summed E-state index contributed by atoms with van der Waals surface area (Å²) in [6.07, 6.45) is 8.71. The van der Waals surface area contributed by atoms with E-state index >= 15 is 0 Å². The Labute approximate surface area is 119 Å². The van der Waals surface area contributed by atoms with Crippen LogP contribution in [0.2, 0.25) is 0 Å². The van der Waals surface area contributed by atoms with Crippen molar-refractivity contribution in [2.45, 2.75) is 38.6 Å². The van der Waals surface area contributed by atoms with E-state index in [0.29, 0.717) is 0 Å². The molecule has 3 atom stereocenters. The van der Waals surface area contributed by atoms with Gasteiger partial charge in [0.15, 0.2) is 0 Å². The molecule has 0 unspecified atom stereocenters. The Balaban J connectivity index is 1.49. The Morgan fingerprint density at radius 1 is 1.15 bits per heavy atom. The van der Waals surface area contributed by atoms with E-state index in [1.807, 2.05) is 6.92 Å². The fourth-order valence-corrected chi connectivity index (χ4v) is 4.83. The van der Waals surface area contributed by atoms with Crippen LogP contribution in [0.15, 0.2) is 12.7 Å². The zero-order valence-corrected chi connectivity index (χ0v) is 12.0. The number of nitrogens with zero attached hydrogens (tertiary/aromatic N) is 4. The van der Waals surface area contributed by atoms with E-state index in [1.165, 1.54) is 32.0 Å². The van der Waals surface area contributed by atoms with Crippen LogP contribution in [-0.2, 0) is 4.79 Å². The molecular weight excluding hydrogens is 252 g/mol. The maximum absolute atomic E-state index is 12.7. The summed E-state index contributed by atoms with van der Waals surface area (Å²) in [6.45, 7) is 3.88. The summed E-state index contributed by atoms with van der Waals surface area (Å²) in [4.78, 5) is 18.7. The molecule has 20 heavy (non-hydrogen) atoms. The summed E-state index contributed by atoms with van der Waals surface area (Å²) in [7, 11) is 0. The van der Waals surface area contributed by atoms with Gasteiger partial charge in [-0.3, -0.25) is 4.79 Å². The van der Waals surface area contributed by atoms with Crippen LogP contribution in [0, 0.1) is 23.7 Å². The van der Waals surface area contributed by atoms with E-state index in [4.69, 9.17) is 0 Å². The fourth-order valence-electron chi connectivity index (χ4n) is 4.83. The van der Waals surface area contributed by atoms with Gasteiger partial charge in [0.2, 0.25) is 5.91 Å². The van der Waals surface area contributed by atoms with Crippen molar-refractivity contribution >= 4 is 5.91 Å². The lowest BCUT2D eigenvalue weighted by Gasteiger charge is -2.44. The Hall–Kier alpha value is -1.39. The van der Waals surface area contributed by atoms with Crippen molar-refractivity contribution in [2.24, 2.45) is 23.7 Å². The molecule has 5 heteroatoms. The first kappa shape index (κ1) is 12.4. The maximum atomic E-state index is 12.7. The van der Waals surface area contributed by atoms with Crippen LogP contribution < -0.4 is 0 Å². The molecule has 0 aromatic carbocycles. The standard InChI is InChI=1S/C15H22N4O/c1-10(19-9-16-8-17-19)15(20)18-6-13-11-2-3-12(5-4-11)14(13)7-18/h8-14H,2-7H2,1H3/t10-,11?,12?,13-,14+/m1/s1. The lowest BCUT2D eigenvalue weighted by atomic mass is 9.60. The van der Waals surface area contributed by atoms with Crippen molar-refractivity contribution in [3.8, 4) is 0 Å². The molecule has 4 aliphatic rings. The third-order valence-corrected chi connectivity index (χ3v) is 5.94. The molecule has 1 amide bonds. The average molecular weight is 274 g/mol. The monoisotopic (exact) mass is 274 g/mol. The molecular formula is C15H22N4O. The van der Waals surface area contributed by atoms with Crippen LogP contribution >= 0.6 is 0 Å². The molecule has 5 rings (SSSR count). The molecule has 1 saturated heterocycles. The molecule has 3 saturated carbocycles. The predicted octanol–water partition coefficient (Wildman–Crippen LogP) is 1.73. The zero-order chi connectivity index (χ0) is 13.7. The summed E-state index contributed by atoms with van der Waals surface area (Å²) >= 11 is 0. The van der Waals surface area contributed by atoms with Crippen LogP contribution in [0.3, 0.4) is 0 Å². The van der Waals surface area contributed by atoms with Gasteiger partial charge >= 0.3 is 0 Å². The smallest absolute Gasteiger partial charge is 0.247 e. The number of aromatic nitrogens is 3. The van der Waals surface area contributed by atoms with Crippen LogP contribution in [-0.4, -0.2) is 38.7 Å². The van der Waals surface area contributed by atoms with Gasteiger partial charge < -0.3 is 4.90 Å². The van der Waals surface area contributed by atoms with Gasteiger partial charge in [0.25, 0.3) is 0 Å². The molecule has 0 radical (unpaired) electrons. The van der Waals surface area contributed by atoms with E-state index < -0.39 is 0 Å². The number of carbonyl (C=O) groups is 1. The van der Waals surface area contributed by atoms with Gasteiger partial charge in [0, 0.05) is 13.1 Å². The van der Waals surface area contributed by atoms with Crippen LogP contribution in [0.5, 0.6) is 0 Å². The molecule has 1 aromatic rings. The topological polar surface area (TPSA) is 51.0 Å². The molecule has 2 heterocycles. The molecule has 4 fully saturated rings. The zero-order valence-electron chi connectivity index (χ0n) is 12.0. The third-order valence-electron chi connectivity index (χ3n) is 5.94. The number of rotatable bonds is 2. The average Bonchev–Trinajstić information content (AvgIpc) is 3.16. The number of hydrogen-bond acceptors (Lipinski definition) is 3. The molecule has 1 aromatic heterocycles. The number of hydrogen-bond donors (Lipinski definition) is 0. The Kier molecular flexibility index (Phi) is 2.82. The molecule has 1 aliphatic heterocycles. The second kappa shape index (κ2) is 4.57. The SMILES string of the molecule is C[C@H](C(=O)N1C[C@@H]2C3CCC(CC3)[C@@H]2C1)n1cncn1. The van der Waals surface area contributed by atoms with E-state index in [2.05, 4.69) is 15.0 Å². The van der Waals surface area contributed by atoms with Crippen molar-refractivity contribution in [2.75, 3.05) is 13.1 Å². The summed E-state index contributed by atoms with van der Waals surface area (Å²) < 4.78 is 1.67. The van der Waals surface area contributed by atoms with Crippen molar-refractivity contribution < 1.29 is 4.79 Å². The predicted molar refractivity (Wildman–Crippen MR) is 73.7 cm³/mol. The highest BCUT2D eigenvalue weighted by molar-refractivity contribution is 5.80. The van der Waals surface area contributed by atoms with Gasteiger partial charge in [0.05, 0.1) is 0 Å². The fraction of sp³-hybridized carbons (Fsp3) is 0.800. The van der Waals surface area contributed by atoms with Gasteiger partial charge in [-0.2, -0.15) is 5.10 Å². The van der Waals surface area contributed by atoms with E-state index in [9.17, 15) is 4.79 Å². The second-order valence-electron chi connectivity index (χ2n) is 6.80. The highest BCUT2D eigenvalue weighted by Gasteiger charge is 2.49. The van der Waals surface area contributed by atoms with Crippen molar-refractivity contribution in [3.63, 3.8) is 0 Å². The van der Waals surface area contributed by atoms with Gasteiger partial charge in [-0.15, -0.1) is 0 Å².